The summed E-state index contributed by atoms with van der Waals surface area (Å²) in [5.41, 5.74) is 15.1. The Morgan fingerprint density at radius 1 is 0.247 bits per heavy atom. The lowest BCUT2D eigenvalue weighted by Crippen LogP contribution is -2.12. The van der Waals surface area contributed by atoms with Crippen molar-refractivity contribution in [2.75, 3.05) is 9.80 Å². The average Bonchev–Trinajstić information content (AvgIpc) is 4.08. The molecule has 0 bridgehead atoms. The van der Waals surface area contributed by atoms with Crippen molar-refractivity contribution in [1.29, 1.82) is 0 Å². The van der Waals surface area contributed by atoms with Crippen molar-refractivity contribution in [3.63, 3.8) is 0 Å². The van der Waals surface area contributed by atoms with E-state index in [1.54, 1.807) is 0 Å². The van der Waals surface area contributed by atoms with Crippen LogP contribution in [0.1, 0.15) is 0 Å². The van der Waals surface area contributed by atoms with Gasteiger partial charge in [0.15, 0.2) is 0 Å². The predicted molar refractivity (Wildman–Crippen MR) is 309 cm³/mol. The van der Waals surface area contributed by atoms with E-state index in [1.165, 1.54) is 21.5 Å². The van der Waals surface area contributed by atoms with Gasteiger partial charge < -0.3 is 23.5 Å². The first-order chi connectivity index (χ1) is 36.1. The van der Waals surface area contributed by atoms with E-state index in [9.17, 15) is 0 Å². The van der Waals surface area contributed by atoms with Gasteiger partial charge >= 0.3 is 0 Å². The maximum atomic E-state index is 7.77. The highest BCUT2D eigenvalue weighted by Crippen LogP contribution is 2.48. The van der Waals surface area contributed by atoms with Crippen LogP contribution in [0.2, 0.25) is 10.0 Å². The summed E-state index contributed by atoms with van der Waals surface area (Å²) in [6.07, 6.45) is 0. The lowest BCUT2D eigenvalue weighted by atomic mass is 10.1. The van der Waals surface area contributed by atoms with Crippen LogP contribution in [0.4, 0.5) is 34.1 Å². The van der Waals surface area contributed by atoms with E-state index >= 15 is 0 Å². The first-order valence-electron chi connectivity index (χ1n) is 24.5. The fraction of sp³-hybridized carbons (Fsp3) is 0. The first-order valence-corrected chi connectivity index (χ1v) is 25.2. The highest BCUT2D eigenvalue weighted by molar-refractivity contribution is 6.36. The number of halogens is 2. The Labute approximate surface area is 431 Å². The monoisotopic (exact) mass is 975 g/mol. The summed E-state index contributed by atoms with van der Waals surface area (Å²) in [5.74, 6) is 0. The second-order valence-electron chi connectivity index (χ2n) is 18.4. The molecular formula is C66H43Cl2N5. The van der Waals surface area contributed by atoms with E-state index in [0.717, 1.165) is 95.1 Å². The smallest absolute Gasteiger partial charge is 0.0887 e. The van der Waals surface area contributed by atoms with Gasteiger partial charge in [0.05, 0.1) is 65.9 Å². The highest BCUT2D eigenvalue weighted by atomic mass is 35.5. The fourth-order valence-corrected chi connectivity index (χ4v) is 11.8. The van der Waals surface area contributed by atoms with E-state index in [0.29, 0.717) is 10.0 Å². The number of benzene rings is 11. The summed E-state index contributed by atoms with van der Waals surface area (Å²) in [6.45, 7) is 0. The van der Waals surface area contributed by atoms with Crippen LogP contribution in [-0.2, 0) is 0 Å². The number of fused-ring (bicyclic) bond motifs is 9. The summed E-state index contributed by atoms with van der Waals surface area (Å²) >= 11 is 15.5. The lowest BCUT2D eigenvalue weighted by Gasteiger charge is -2.28. The minimum atomic E-state index is 0.646. The average molecular weight is 977 g/mol. The van der Waals surface area contributed by atoms with Crippen molar-refractivity contribution in [3.8, 4) is 17.1 Å². The van der Waals surface area contributed by atoms with Gasteiger partial charge in [-0.25, -0.2) is 0 Å². The number of hydrogen-bond donors (Lipinski definition) is 0. The summed E-state index contributed by atoms with van der Waals surface area (Å²) in [6, 6.07) is 92.1. The van der Waals surface area contributed by atoms with Crippen molar-refractivity contribution in [2.45, 2.75) is 0 Å². The molecule has 0 aliphatic rings. The Bertz CT molecular complexity index is 4050. The number of hydrogen-bond acceptors (Lipinski definition) is 2. The Hall–Kier alpha value is -9.00. The van der Waals surface area contributed by atoms with Crippen LogP contribution in [-0.4, -0.2) is 13.7 Å². The third-order valence-electron chi connectivity index (χ3n) is 14.3. The van der Waals surface area contributed by atoms with Gasteiger partial charge in [0.1, 0.15) is 0 Å². The van der Waals surface area contributed by atoms with Crippen LogP contribution in [0.25, 0.3) is 82.5 Å². The number of nitrogens with zero attached hydrogens (tertiary/aromatic N) is 5. The largest absolute Gasteiger partial charge is 0.309 e. The number of para-hydroxylation sites is 7. The lowest BCUT2D eigenvalue weighted by molar-refractivity contribution is 1.16. The zero-order valence-corrected chi connectivity index (χ0v) is 40.8. The van der Waals surface area contributed by atoms with E-state index in [1.807, 2.05) is 0 Å². The molecule has 7 heteroatoms. The molecule has 346 valence electrons. The third kappa shape index (κ3) is 6.85. The molecule has 0 aliphatic heterocycles. The van der Waals surface area contributed by atoms with Gasteiger partial charge in [0.2, 0.25) is 0 Å². The van der Waals surface area contributed by atoms with Crippen molar-refractivity contribution < 1.29 is 0 Å². The molecule has 11 aromatic carbocycles. The van der Waals surface area contributed by atoms with Crippen LogP contribution in [0.15, 0.2) is 261 Å². The van der Waals surface area contributed by atoms with Gasteiger partial charge in [-0.05, 0) is 109 Å². The molecule has 0 aliphatic carbocycles. The molecule has 3 aromatic heterocycles. The van der Waals surface area contributed by atoms with Crippen molar-refractivity contribution in [2.24, 2.45) is 0 Å². The summed E-state index contributed by atoms with van der Waals surface area (Å²) < 4.78 is 6.97. The van der Waals surface area contributed by atoms with E-state index in [2.05, 4.69) is 284 Å². The second kappa shape index (κ2) is 17.4. The molecule has 0 fully saturated rings. The third-order valence-corrected chi connectivity index (χ3v) is 15.1. The van der Waals surface area contributed by atoms with Crippen molar-refractivity contribution in [3.05, 3.63) is 271 Å². The van der Waals surface area contributed by atoms with E-state index < -0.39 is 0 Å². The maximum absolute atomic E-state index is 7.77. The number of anilines is 6. The van der Waals surface area contributed by atoms with Crippen molar-refractivity contribution in [1.82, 2.24) is 13.7 Å². The number of rotatable bonds is 9. The van der Waals surface area contributed by atoms with Crippen LogP contribution < -0.4 is 9.80 Å². The van der Waals surface area contributed by atoms with E-state index in [-0.39, 0.29) is 0 Å². The van der Waals surface area contributed by atoms with Crippen molar-refractivity contribution >= 4 is 123 Å². The van der Waals surface area contributed by atoms with E-state index in [4.69, 9.17) is 23.2 Å². The molecular weight excluding hydrogens is 934 g/mol. The second-order valence-corrected chi connectivity index (χ2v) is 19.1. The van der Waals surface area contributed by atoms with Gasteiger partial charge in [-0.1, -0.05) is 175 Å². The topological polar surface area (TPSA) is 21.3 Å². The molecule has 0 N–H and O–H groups in total. The standard InChI is InChI=1S/C66H43Cl2N5/c67-65-59(34-18-36-61(65)72-55-30-14-10-26-49(55)50-27-11-15-31-56(50)72)69(44-20-4-1-5-21-44)47-38-40-53-54-41-39-48(43-64(54)71(63(53)42-47)46-24-8-3-9-25-46)70(45-22-6-2-7-23-45)60-35-19-37-62(66(60)68)73-57-32-16-12-28-51(57)52-29-13-17-33-58(52)73/h1-43H. The molecule has 0 amide bonds. The molecule has 14 rings (SSSR count). The number of aromatic nitrogens is 3. The molecule has 0 atom stereocenters. The minimum Gasteiger partial charge on any atom is -0.309 e. The molecule has 3 heterocycles. The Kier molecular flexibility index (Phi) is 10.2. The minimum absolute atomic E-state index is 0.646. The van der Waals surface area contributed by atoms with Gasteiger partial charge in [-0.2, -0.15) is 0 Å². The van der Waals surface area contributed by atoms with Crippen LogP contribution in [0.5, 0.6) is 0 Å². The normalized spacial score (nSPS) is 11.7. The summed E-state index contributed by atoms with van der Waals surface area (Å²) in [4.78, 5) is 4.56. The van der Waals surface area contributed by atoms with Crippen LogP contribution >= 0.6 is 23.2 Å². The molecule has 0 saturated heterocycles. The fourth-order valence-electron chi connectivity index (χ4n) is 11.2. The molecule has 0 radical (unpaired) electrons. The van der Waals surface area contributed by atoms with Gasteiger partial charge in [0, 0.05) is 60.8 Å². The summed E-state index contributed by atoms with van der Waals surface area (Å²) in [5, 5.41) is 8.29. The Balaban J connectivity index is 0.967. The molecule has 73 heavy (non-hydrogen) atoms. The van der Waals surface area contributed by atoms with Crippen LogP contribution in [0, 0.1) is 0 Å². The van der Waals surface area contributed by atoms with Gasteiger partial charge in [-0.15, -0.1) is 0 Å². The highest BCUT2D eigenvalue weighted by Gasteiger charge is 2.25. The SMILES string of the molecule is Clc1c(N(c2ccccc2)c2ccc3c4ccc(N(c5ccccc5)c5cccc(-n6c7ccccc7c7ccccc76)c5Cl)cc4n(-c4ccccc4)c3c2)cccc1-n1c2ccccc2c2ccccc21. The quantitative estimate of drug-likeness (QED) is 0.144. The molecule has 0 unspecified atom stereocenters. The Morgan fingerprint density at radius 3 is 0.959 bits per heavy atom. The van der Waals surface area contributed by atoms with Gasteiger partial charge in [-0.3, -0.25) is 0 Å². The first kappa shape index (κ1) is 42.8. The Morgan fingerprint density at radius 2 is 0.575 bits per heavy atom. The molecule has 5 nitrogen and oxygen atoms in total. The van der Waals surface area contributed by atoms with Gasteiger partial charge in [0.25, 0.3) is 0 Å². The zero-order valence-electron chi connectivity index (χ0n) is 39.3. The maximum Gasteiger partial charge on any atom is 0.0887 e. The summed E-state index contributed by atoms with van der Waals surface area (Å²) in [7, 11) is 0. The molecule has 0 spiro atoms. The predicted octanol–water partition coefficient (Wildman–Crippen LogP) is 19.2. The zero-order chi connectivity index (χ0) is 48.6. The molecule has 0 saturated carbocycles. The van der Waals surface area contributed by atoms with Crippen LogP contribution in [0.3, 0.4) is 0 Å². The molecule has 14 aromatic rings.